The molecule has 0 bridgehead atoms. The number of nitrogen functional groups attached to an aromatic ring is 2. The normalized spacial score (nSPS) is 17.9. The molecular weight excluding hydrogens is 386 g/mol. The fourth-order valence-electron chi connectivity index (χ4n) is 4.35. The van der Waals surface area contributed by atoms with E-state index in [-0.39, 0.29) is 11.7 Å². The summed E-state index contributed by atoms with van der Waals surface area (Å²) in [5.74, 6) is 0.565. The summed E-state index contributed by atoms with van der Waals surface area (Å²) in [5.41, 5.74) is 13.2. The minimum Gasteiger partial charge on any atom is -0.486 e. The van der Waals surface area contributed by atoms with Crippen LogP contribution in [0.3, 0.4) is 0 Å². The van der Waals surface area contributed by atoms with Crippen LogP contribution in [0.1, 0.15) is 40.0 Å². The van der Waals surface area contributed by atoms with Crippen LogP contribution in [0.4, 0.5) is 10.7 Å². The first-order valence-electron chi connectivity index (χ1n) is 9.64. The van der Waals surface area contributed by atoms with Crippen LogP contribution in [0.25, 0.3) is 10.1 Å². The number of hydrogen-bond acceptors (Lipinski definition) is 6. The van der Waals surface area contributed by atoms with Crippen molar-refractivity contribution in [3.8, 4) is 5.75 Å². The van der Waals surface area contributed by atoms with Crippen molar-refractivity contribution < 1.29 is 14.3 Å². The molecule has 0 saturated carbocycles. The second-order valence-corrected chi connectivity index (χ2v) is 8.85. The molecule has 29 heavy (non-hydrogen) atoms. The Morgan fingerprint density at radius 1 is 1.10 bits per heavy atom. The number of Topliss-reactive ketones (excluding diaryl/α,β-unsaturated/α-hetero) is 1. The zero-order valence-electron chi connectivity index (χ0n) is 15.8. The van der Waals surface area contributed by atoms with Gasteiger partial charge >= 0.3 is 0 Å². The molecule has 1 fully saturated rings. The predicted octanol–water partition coefficient (Wildman–Crippen LogP) is 3.71. The first kappa shape index (κ1) is 18.0. The van der Waals surface area contributed by atoms with Gasteiger partial charge in [0.05, 0.1) is 22.5 Å². The fraction of sp³-hybridized carbons (Fsp3) is 0.273. The molecule has 1 aromatic heterocycles. The van der Waals surface area contributed by atoms with E-state index in [9.17, 15) is 9.59 Å². The summed E-state index contributed by atoms with van der Waals surface area (Å²) in [4.78, 5) is 27.7. The van der Waals surface area contributed by atoms with Crippen molar-refractivity contribution in [2.45, 2.75) is 24.9 Å². The number of anilines is 2. The third-order valence-electron chi connectivity index (χ3n) is 5.91. The fourth-order valence-corrected chi connectivity index (χ4v) is 5.31. The number of likely N-dealkylation sites (tertiary alicyclic amines) is 1. The van der Waals surface area contributed by atoms with Gasteiger partial charge in [-0.05, 0) is 18.2 Å². The number of benzene rings is 2. The van der Waals surface area contributed by atoms with Gasteiger partial charge in [0.1, 0.15) is 11.4 Å². The van der Waals surface area contributed by atoms with Crippen LogP contribution >= 0.6 is 11.3 Å². The molecule has 0 atom stereocenters. The molecule has 1 spiro atoms. The van der Waals surface area contributed by atoms with Gasteiger partial charge in [-0.25, -0.2) is 0 Å². The number of nitrogens with two attached hydrogens (primary N) is 2. The summed E-state index contributed by atoms with van der Waals surface area (Å²) in [6.07, 6.45) is 1.52. The van der Waals surface area contributed by atoms with E-state index in [2.05, 4.69) is 0 Å². The Hall–Kier alpha value is -3.06. The molecule has 5 rings (SSSR count). The zero-order valence-corrected chi connectivity index (χ0v) is 16.6. The largest absolute Gasteiger partial charge is 0.486 e. The van der Waals surface area contributed by atoms with E-state index in [4.69, 9.17) is 16.2 Å². The number of carbonyl (C=O) groups excluding carboxylic acids is 2. The summed E-state index contributed by atoms with van der Waals surface area (Å²) < 4.78 is 7.27. The van der Waals surface area contributed by atoms with Gasteiger partial charge in [0.2, 0.25) is 0 Å². The van der Waals surface area contributed by atoms with Crippen LogP contribution in [0, 0.1) is 0 Å². The lowest BCUT2D eigenvalue weighted by atomic mass is 9.82. The van der Waals surface area contributed by atoms with Gasteiger partial charge in [0.25, 0.3) is 5.91 Å². The van der Waals surface area contributed by atoms with Gasteiger partial charge in [-0.15, -0.1) is 11.3 Å². The zero-order chi connectivity index (χ0) is 20.2. The Morgan fingerprint density at radius 3 is 2.66 bits per heavy atom. The van der Waals surface area contributed by atoms with Gasteiger partial charge in [0, 0.05) is 47.8 Å². The molecule has 2 aromatic carbocycles. The van der Waals surface area contributed by atoms with Crippen LogP contribution in [0.15, 0.2) is 42.5 Å². The molecule has 2 aliphatic rings. The lowest BCUT2D eigenvalue weighted by Crippen LogP contribution is -2.52. The number of ether oxygens (including phenoxy) is 1. The van der Waals surface area contributed by atoms with Gasteiger partial charge in [-0.2, -0.15) is 0 Å². The molecule has 4 N–H and O–H groups in total. The first-order chi connectivity index (χ1) is 14.0. The summed E-state index contributed by atoms with van der Waals surface area (Å²) in [7, 11) is 0. The van der Waals surface area contributed by atoms with Crippen molar-refractivity contribution in [1.82, 2.24) is 4.90 Å². The smallest absolute Gasteiger partial charge is 0.257 e. The van der Waals surface area contributed by atoms with E-state index in [0.717, 1.165) is 10.1 Å². The maximum absolute atomic E-state index is 13.2. The quantitative estimate of drug-likeness (QED) is 0.599. The van der Waals surface area contributed by atoms with E-state index in [1.807, 2.05) is 29.2 Å². The summed E-state index contributed by atoms with van der Waals surface area (Å²) in [6.45, 7) is 1.04. The minimum absolute atomic E-state index is 0.0541. The average Bonchev–Trinajstić information content (AvgIpc) is 3.03. The molecule has 3 heterocycles. The topological polar surface area (TPSA) is 98.7 Å². The summed E-state index contributed by atoms with van der Waals surface area (Å²) >= 11 is 1.44. The summed E-state index contributed by atoms with van der Waals surface area (Å²) in [6, 6.07) is 12.9. The van der Waals surface area contributed by atoms with Crippen LogP contribution in [0.2, 0.25) is 0 Å². The number of thiophene rings is 1. The van der Waals surface area contributed by atoms with E-state index in [1.54, 1.807) is 18.2 Å². The predicted molar refractivity (Wildman–Crippen MR) is 115 cm³/mol. The molecule has 6 nitrogen and oxygen atoms in total. The number of carbonyl (C=O) groups is 2. The van der Waals surface area contributed by atoms with Crippen molar-refractivity contribution in [3.63, 3.8) is 0 Å². The number of piperidine rings is 1. The lowest BCUT2D eigenvalue weighted by Gasteiger charge is -2.44. The lowest BCUT2D eigenvalue weighted by molar-refractivity contribution is -0.00556. The molecule has 3 aromatic rings. The highest BCUT2D eigenvalue weighted by Crippen LogP contribution is 2.41. The van der Waals surface area contributed by atoms with Crippen molar-refractivity contribution >= 4 is 43.8 Å². The highest BCUT2D eigenvalue weighted by atomic mass is 32.1. The van der Waals surface area contributed by atoms with Gasteiger partial charge in [0.15, 0.2) is 5.78 Å². The Labute approximate surface area is 172 Å². The monoisotopic (exact) mass is 407 g/mol. The number of ketones is 1. The van der Waals surface area contributed by atoms with E-state index >= 15 is 0 Å². The van der Waals surface area contributed by atoms with Crippen LogP contribution in [-0.4, -0.2) is 35.3 Å². The maximum atomic E-state index is 13.2. The second-order valence-electron chi connectivity index (χ2n) is 7.77. The first-order valence-corrected chi connectivity index (χ1v) is 10.5. The third-order valence-corrected chi connectivity index (χ3v) is 6.91. The van der Waals surface area contributed by atoms with Crippen LogP contribution in [0.5, 0.6) is 5.75 Å². The minimum atomic E-state index is -0.573. The van der Waals surface area contributed by atoms with E-state index in [0.29, 0.717) is 59.9 Å². The molecule has 1 saturated heterocycles. The third kappa shape index (κ3) is 2.93. The second kappa shape index (κ2) is 6.49. The molecule has 0 radical (unpaired) electrons. The van der Waals surface area contributed by atoms with E-state index in [1.165, 1.54) is 11.3 Å². The van der Waals surface area contributed by atoms with Gasteiger partial charge in [-0.3, -0.25) is 9.59 Å². The highest BCUT2D eigenvalue weighted by Gasteiger charge is 2.44. The molecule has 0 aliphatic carbocycles. The number of nitrogens with zero attached hydrogens (tertiary/aromatic N) is 1. The van der Waals surface area contributed by atoms with Crippen molar-refractivity contribution in [2.24, 2.45) is 0 Å². The molecule has 7 heteroatoms. The highest BCUT2D eigenvalue weighted by molar-refractivity contribution is 7.23. The van der Waals surface area contributed by atoms with Gasteiger partial charge < -0.3 is 21.1 Å². The average molecular weight is 407 g/mol. The maximum Gasteiger partial charge on any atom is 0.257 e. The number of hydrogen-bond donors (Lipinski definition) is 2. The molecule has 0 unspecified atom stereocenters. The molecule has 2 aliphatic heterocycles. The Bertz CT molecular complexity index is 1150. The van der Waals surface area contributed by atoms with Crippen molar-refractivity contribution in [2.75, 3.05) is 24.6 Å². The Morgan fingerprint density at radius 2 is 1.86 bits per heavy atom. The Balaban J connectivity index is 1.37. The molecule has 1 amide bonds. The Kier molecular flexibility index (Phi) is 4.03. The SMILES string of the molecule is Nc1ccc2c(c1)OC1(CCN(C(=O)c3c(N)sc4ccccc34)CC1)CC2=O. The number of fused-ring (bicyclic) bond motifs is 2. The number of rotatable bonds is 1. The molecular formula is C22H21N3O3S. The van der Waals surface area contributed by atoms with Crippen molar-refractivity contribution in [1.29, 1.82) is 0 Å². The molecule has 148 valence electrons. The van der Waals surface area contributed by atoms with E-state index < -0.39 is 5.60 Å². The number of amides is 1. The van der Waals surface area contributed by atoms with Gasteiger partial charge in [-0.1, -0.05) is 18.2 Å². The van der Waals surface area contributed by atoms with Crippen LogP contribution < -0.4 is 16.2 Å². The standard InChI is InChI=1S/C22H21N3O3S/c23-13-5-6-14-16(26)12-22(28-17(14)11-13)7-9-25(10-8-22)21(27)19-15-3-1-2-4-18(15)29-20(19)24/h1-6,11H,7-10,12,23-24H2. The summed E-state index contributed by atoms with van der Waals surface area (Å²) in [5, 5.41) is 1.44. The van der Waals surface area contributed by atoms with Crippen molar-refractivity contribution in [3.05, 3.63) is 53.6 Å². The van der Waals surface area contributed by atoms with Crippen LogP contribution in [-0.2, 0) is 0 Å².